The number of nitrogens with zero attached hydrogens (tertiary/aromatic N) is 1. The third-order valence-electron chi connectivity index (χ3n) is 5.69. The predicted molar refractivity (Wildman–Crippen MR) is 112 cm³/mol. The van der Waals surface area contributed by atoms with E-state index in [-0.39, 0.29) is 5.41 Å². The fourth-order valence-electron chi connectivity index (χ4n) is 4.68. The van der Waals surface area contributed by atoms with Gasteiger partial charge in [-0.3, -0.25) is 0 Å². The molecule has 0 aliphatic carbocycles. The number of nitrogens with one attached hydrogen (secondary N) is 1. The monoisotopic (exact) mass is 374 g/mol. The summed E-state index contributed by atoms with van der Waals surface area (Å²) in [6, 6.07) is 14.1. The van der Waals surface area contributed by atoms with E-state index in [0.717, 1.165) is 40.9 Å². The van der Waals surface area contributed by atoms with E-state index < -0.39 is 5.60 Å². The highest BCUT2D eigenvalue weighted by atomic mass is 16.5. The molecular weight excluding hydrogens is 348 g/mol. The highest BCUT2D eigenvalue weighted by Crippen LogP contribution is 2.42. The standard InChI is InChI=1S/C24H26N2O2/c1-23(2,18-10-7-8-16-12-13-28-22(16)18)15-24(3,27)14-20-21(25-4)17-9-5-6-11-19(17)26-20/h5-11,26-27H,12-15H2,1-3H3. The van der Waals surface area contributed by atoms with Gasteiger partial charge in [-0.2, -0.15) is 0 Å². The summed E-state index contributed by atoms with van der Waals surface area (Å²) >= 11 is 0. The van der Waals surface area contributed by atoms with Crippen LogP contribution in [0.15, 0.2) is 42.5 Å². The van der Waals surface area contributed by atoms with Crippen molar-refractivity contribution in [3.05, 3.63) is 70.7 Å². The van der Waals surface area contributed by atoms with Gasteiger partial charge in [-0.25, -0.2) is 4.85 Å². The second-order valence-corrected chi connectivity index (χ2v) is 8.74. The lowest BCUT2D eigenvalue weighted by Gasteiger charge is -2.35. The molecule has 1 aliphatic rings. The maximum absolute atomic E-state index is 11.3. The molecule has 2 N–H and O–H groups in total. The van der Waals surface area contributed by atoms with E-state index in [1.54, 1.807) is 0 Å². The lowest BCUT2D eigenvalue weighted by molar-refractivity contribution is 0.0307. The molecule has 4 nitrogen and oxygen atoms in total. The zero-order chi connectivity index (χ0) is 19.9. The van der Waals surface area contributed by atoms with E-state index in [1.807, 2.05) is 31.2 Å². The zero-order valence-electron chi connectivity index (χ0n) is 16.7. The number of benzene rings is 2. The quantitative estimate of drug-likeness (QED) is 0.594. The number of aliphatic hydroxyl groups is 1. The van der Waals surface area contributed by atoms with Crippen molar-refractivity contribution >= 4 is 16.6 Å². The Labute approximate surface area is 166 Å². The van der Waals surface area contributed by atoms with Gasteiger partial charge in [0.2, 0.25) is 5.69 Å². The number of para-hydroxylation sites is 2. The van der Waals surface area contributed by atoms with Crippen LogP contribution in [0.1, 0.15) is 44.0 Å². The van der Waals surface area contributed by atoms with Crippen LogP contribution < -0.4 is 4.74 Å². The summed E-state index contributed by atoms with van der Waals surface area (Å²) in [6.45, 7) is 14.5. The first-order chi connectivity index (χ1) is 13.3. The summed E-state index contributed by atoms with van der Waals surface area (Å²) in [5.41, 5.74) is 3.51. The van der Waals surface area contributed by atoms with Gasteiger partial charge in [0.15, 0.2) is 0 Å². The van der Waals surface area contributed by atoms with Crippen LogP contribution in [-0.2, 0) is 18.3 Å². The van der Waals surface area contributed by atoms with Gasteiger partial charge in [0.25, 0.3) is 0 Å². The summed E-state index contributed by atoms with van der Waals surface area (Å²) in [6.07, 6.45) is 1.91. The Kier molecular flexibility index (Phi) is 4.44. The highest BCUT2D eigenvalue weighted by molar-refractivity contribution is 5.94. The summed E-state index contributed by atoms with van der Waals surface area (Å²) < 4.78 is 5.90. The van der Waals surface area contributed by atoms with E-state index >= 15 is 0 Å². The normalized spacial score (nSPS) is 15.7. The fraction of sp³-hybridized carbons (Fsp3) is 0.375. The number of ether oxygens (including phenoxy) is 1. The molecule has 0 saturated heterocycles. The predicted octanol–water partition coefficient (Wildman–Crippen LogP) is 5.31. The number of H-pyrrole nitrogens is 1. The molecule has 3 aromatic rings. The first-order valence-electron chi connectivity index (χ1n) is 9.75. The van der Waals surface area contributed by atoms with Crippen molar-refractivity contribution in [3.8, 4) is 5.75 Å². The minimum atomic E-state index is -0.967. The molecule has 144 valence electrons. The lowest BCUT2D eigenvalue weighted by Crippen LogP contribution is -2.36. The van der Waals surface area contributed by atoms with Crippen LogP contribution in [0.3, 0.4) is 0 Å². The van der Waals surface area contributed by atoms with Crippen LogP contribution in [0.5, 0.6) is 5.75 Å². The first-order valence-corrected chi connectivity index (χ1v) is 9.75. The molecular formula is C24H26N2O2. The van der Waals surface area contributed by atoms with Gasteiger partial charge >= 0.3 is 0 Å². The Hall–Kier alpha value is -2.77. The van der Waals surface area contributed by atoms with Crippen LogP contribution >= 0.6 is 0 Å². The van der Waals surface area contributed by atoms with E-state index in [9.17, 15) is 5.11 Å². The molecule has 1 atom stereocenters. The molecule has 0 spiro atoms. The molecule has 0 amide bonds. The largest absolute Gasteiger partial charge is 0.493 e. The van der Waals surface area contributed by atoms with Crippen LogP contribution in [0.2, 0.25) is 0 Å². The molecule has 4 rings (SSSR count). The molecule has 0 radical (unpaired) electrons. The van der Waals surface area contributed by atoms with Crippen molar-refractivity contribution in [1.82, 2.24) is 4.98 Å². The third kappa shape index (κ3) is 3.27. The van der Waals surface area contributed by atoms with Crippen molar-refractivity contribution < 1.29 is 9.84 Å². The molecule has 0 bridgehead atoms. The molecule has 1 unspecified atom stereocenters. The van der Waals surface area contributed by atoms with Gasteiger partial charge in [-0.15, -0.1) is 0 Å². The van der Waals surface area contributed by atoms with Crippen molar-refractivity contribution in [1.29, 1.82) is 0 Å². The molecule has 1 aliphatic heterocycles. The average Bonchev–Trinajstić information content (AvgIpc) is 3.23. The summed E-state index contributed by atoms with van der Waals surface area (Å²) in [4.78, 5) is 7.07. The van der Waals surface area contributed by atoms with E-state index in [4.69, 9.17) is 11.3 Å². The molecule has 4 heteroatoms. The Balaban J connectivity index is 1.63. The second kappa shape index (κ2) is 6.68. The van der Waals surface area contributed by atoms with Gasteiger partial charge in [-0.05, 0) is 30.4 Å². The van der Waals surface area contributed by atoms with Crippen molar-refractivity contribution in [3.63, 3.8) is 0 Å². The topological polar surface area (TPSA) is 49.6 Å². The van der Waals surface area contributed by atoms with Gasteiger partial charge in [0.05, 0.1) is 18.8 Å². The lowest BCUT2D eigenvalue weighted by atomic mass is 9.73. The number of aromatic nitrogens is 1. The fourth-order valence-corrected chi connectivity index (χ4v) is 4.68. The molecule has 0 fully saturated rings. The van der Waals surface area contributed by atoms with Crippen molar-refractivity contribution in [2.75, 3.05) is 6.61 Å². The molecule has 1 aromatic heterocycles. The Morgan fingerprint density at radius 1 is 1.14 bits per heavy atom. The maximum atomic E-state index is 11.3. The zero-order valence-corrected chi connectivity index (χ0v) is 16.7. The Morgan fingerprint density at radius 3 is 2.71 bits per heavy atom. The number of rotatable bonds is 5. The van der Waals surface area contributed by atoms with Gasteiger partial charge in [-0.1, -0.05) is 50.2 Å². The minimum absolute atomic E-state index is 0.260. The Morgan fingerprint density at radius 2 is 1.93 bits per heavy atom. The number of hydrogen-bond acceptors (Lipinski definition) is 2. The molecule has 2 aromatic carbocycles. The van der Waals surface area contributed by atoms with Gasteiger partial charge in [0.1, 0.15) is 5.75 Å². The van der Waals surface area contributed by atoms with Crippen LogP contribution in [0.4, 0.5) is 5.69 Å². The van der Waals surface area contributed by atoms with Crippen LogP contribution in [0, 0.1) is 6.57 Å². The van der Waals surface area contributed by atoms with Gasteiger partial charge in [0, 0.05) is 35.0 Å². The SMILES string of the molecule is [C-]#[N+]c1c(CC(C)(O)CC(C)(C)c2cccc3c2OCC3)[nH]c2ccccc12. The molecule has 28 heavy (non-hydrogen) atoms. The Bertz CT molecular complexity index is 1070. The van der Waals surface area contributed by atoms with Crippen molar-refractivity contribution in [2.45, 2.75) is 51.0 Å². The van der Waals surface area contributed by atoms with Crippen LogP contribution in [0.25, 0.3) is 15.7 Å². The second-order valence-electron chi connectivity index (χ2n) is 8.74. The number of fused-ring (bicyclic) bond motifs is 2. The van der Waals surface area contributed by atoms with Crippen LogP contribution in [-0.4, -0.2) is 22.3 Å². The average molecular weight is 374 g/mol. The van der Waals surface area contributed by atoms with Crippen molar-refractivity contribution in [2.24, 2.45) is 0 Å². The third-order valence-corrected chi connectivity index (χ3v) is 5.69. The number of aromatic amines is 1. The first kappa shape index (κ1) is 18.6. The van der Waals surface area contributed by atoms with Gasteiger partial charge < -0.3 is 14.8 Å². The smallest absolute Gasteiger partial charge is 0.215 e. The molecule has 0 saturated carbocycles. The summed E-state index contributed by atoms with van der Waals surface area (Å²) in [5, 5.41) is 12.2. The van der Waals surface area contributed by atoms with E-state index in [1.165, 1.54) is 5.56 Å². The summed E-state index contributed by atoms with van der Waals surface area (Å²) in [7, 11) is 0. The summed E-state index contributed by atoms with van der Waals surface area (Å²) in [5.74, 6) is 0.982. The minimum Gasteiger partial charge on any atom is -0.493 e. The van der Waals surface area contributed by atoms with E-state index in [0.29, 0.717) is 18.5 Å². The number of hydrogen-bond donors (Lipinski definition) is 2. The highest BCUT2D eigenvalue weighted by Gasteiger charge is 2.36. The molecule has 2 heterocycles. The maximum Gasteiger partial charge on any atom is 0.215 e. The van der Waals surface area contributed by atoms with E-state index in [2.05, 4.69) is 41.9 Å².